The van der Waals surface area contributed by atoms with Gasteiger partial charge < -0.3 is 4.90 Å². The fourth-order valence-electron chi connectivity index (χ4n) is 3.50. The van der Waals surface area contributed by atoms with Crippen molar-refractivity contribution in [2.45, 2.75) is 25.7 Å². The third-order valence-corrected chi connectivity index (χ3v) is 5.95. The minimum absolute atomic E-state index is 0.755. The van der Waals surface area contributed by atoms with E-state index in [9.17, 15) is 0 Å². The number of aliphatic imine (C=N–C) groups is 1. The van der Waals surface area contributed by atoms with Crippen LogP contribution in [0.4, 0.5) is 11.4 Å². The Bertz CT molecular complexity index is 796. The maximum atomic E-state index is 6.01. The van der Waals surface area contributed by atoms with Crippen molar-refractivity contribution in [2.75, 3.05) is 17.2 Å². The van der Waals surface area contributed by atoms with E-state index in [1.54, 1.807) is 0 Å². The number of rotatable bonds is 2. The SMILES string of the molecule is Clc1ccc(N=C2SCCN(c3ccccc3)C3=C2CCCC3)cc1. The number of para-hydroxylation sites is 1. The Kier molecular flexibility index (Phi) is 5.14. The predicted octanol–water partition coefficient (Wildman–Crippen LogP) is 6.45. The number of benzene rings is 2. The van der Waals surface area contributed by atoms with E-state index < -0.39 is 0 Å². The van der Waals surface area contributed by atoms with Gasteiger partial charge in [-0.1, -0.05) is 29.8 Å². The van der Waals surface area contributed by atoms with Crippen LogP contribution >= 0.6 is 23.4 Å². The smallest absolute Gasteiger partial charge is 0.102 e. The molecule has 128 valence electrons. The number of anilines is 1. The van der Waals surface area contributed by atoms with Gasteiger partial charge in [-0.25, -0.2) is 4.99 Å². The molecular weight excluding hydrogens is 348 g/mol. The lowest BCUT2D eigenvalue weighted by Gasteiger charge is -2.30. The van der Waals surface area contributed by atoms with Crippen LogP contribution in [0.1, 0.15) is 25.7 Å². The number of halogens is 1. The summed E-state index contributed by atoms with van der Waals surface area (Å²) in [5, 5.41) is 1.95. The largest absolute Gasteiger partial charge is 0.344 e. The molecule has 0 fully saturated rings. The molecule has 2 aliphatic rings. The molecule has 0 spiro atoms. The molecule has 1 heterocycles. The van der Waals surface area contributed by atoms with E-state index in [1.165, 1.54) is 34.8 Å². The zero-order chi connectivity index (χ0) is 17.1. The lowest BCUT2D eigenvalue weighted by atomic mass is 9.95. The number of hydrogen-bond donors (Lipinski definition) is 0. The Morgan fingerprint density at radius 2 is 1.68 bits per heavy atom. The van der Waals surface area contributed by atoms with E-state index in [0.717, 1.165) is 35.8 Å². The standard InChI is InChI=1S/C21H21ClN2S/c22-16-10-12-17(13-11-16)23-21-19-8-4-5-9-20(19)24(14-15-25-21)18-6-2-1-3-7-18/h1-3,6-7,10-13H,4-5,8-9,14-15H2. The van der Waals surface area contributed by atoms with Crippen molar-refractivity contribution in [2.24, 2.45) is 4.99 Å². The molecule has 4 rings (SSSR count). The van der Waals surface area contributed by atoms with Crippen LogP contribution in [0, 0.1) is 0 Å². The van der Waals surface area contributed by atoms with Crippen molar-refractivity contribution >= 4 is 39.8 Å². The van der Waals surface area contributed by atoms with Crippen LogP contribution in [0.5, 0.6) is 0 Å². The third-order valence-electron chi connectivity index (χ3n) is 4.70. The summed E-state index contributed by atoms with van der Waals surface area (Å²) < 4.78 is 0. The van der Waals surface area contributed by atoms with E-state index in [-0.39, 0.29) is 0 Å². The van der Waals surface area contributed by atoms with Crippen LogP contribution in [0.15, 0.2) is 70.9 Å². The highest BCUT2D eigenvalue weighted by Gasteiger charge is 2.26. The molecular formula is C21H21ClN2S. The maximum absolute atomic E-state index is 6.01. The summed E-state index contributed by atoms with van der Waals surface area (Å²) in [7, 11) is 0. The summed E-state index contributed by atoms with van der Waals surface area (Å²) in [5.74, 6) is 1.05. The highest BCUT2D eigenvalue weighted by atomic mass is 35.5. The van der Waals surface area contributed by atoms with Crippen molar-refractivity contribution in [1.82, 2.24) is 0 Å². The molecule has 0 saturated heterocycles. The molecule has 0 aromatic heterocycles. The summed E-state index contributed by atoms with van der Waals surface area (Å²) in [4.78, 5) is 7.47. The Balaban J connectivity index is 1.75. The average Bonchev–Trinajstić information content (AvgIpc) is 2.84. The Morgan fingerprint density at radius 1 is 0.920 bits per heavy atom. The number of hydrogen-bond acceptors (Lipinski definition) is 3. The second-order valence-electron chi connectivity index (χ2n) is 6.36. The molecule has 2 aromatic carbocycles. The predicted molar refractivity (Wildman–Crippen MR) is 110 cm³/mol. The molecule has 2 aromatic rings. The van der Waals surface area contributed by atoms with Crippen molar-refractivity contribution in [3.8, 4) is 0 Å². The molecule has 0 atom stereocenters. The van der Waals surface area contributed by atoms with E-state index in [1.807, 2.05) is 36.0 Å². The second-order valence-corrected chi connectivity index (χ2v) is 7.88. The first-order valence-corrected chi connectivity index (χ1v) is 10.2. The van der Waals surface area contributed by atoms with E-state index in [4.69, 9.17) is 16.6 Å². The quantitative estimate of drug-likeness (QED) is 0.605. The molecule has 0 bridgehead atoms. The summed E-state index contributed by atoms with van der Waals surface area (Å²) in [5.41, 5.74) is 5.19. The molecule has 2 nitrogen and oxygen atoms in total. The molecule has 0 radical (unpaired) electrons. The van der Waals surface area contributed by atoms with Crippen LogP contribution in [-0.4, -0.2) is 17.3 Å². The van der Waals surface area contributed by atoms with Gasteiger partial charge in [-0.2, -0.15) is 0 Å². The van der Waals surface area contributed by atoms with Crippen molar-refractivity contribution < 1.29 is 0 Å². The fourth-order valence-corrected chi connectivity index (χ4v) is 4.66. The monoisotopic (exact) mass is 368 g/mol. The van der Waals surface area contributed by atoms with Crippen LogP contribution in [0.2, 0.25) is 5.02 Å². The highest BCUT2D eigenvalue weighted by molar-refractivity contribution is 8.14. The maximum Gasteiger partial charge on any atom is 0.102 e. The van der Waals surface area contributed by atoms with Gasteiger partial charge >= 0.3 is 0 Å². The van der Waals surface area contributed by atoms with Crippen molar-refractivity contribution in [1.29, 1.82) is 0 Å². The van der Waals surface area contributed by atoms with Gasteiger partial charge in [-0.3, -0.25) is 0 Å². The Hall–Kier alpha value is -1.71. The summed E-state index contributed by atoms with van der Waals surface area (Å²) in [6.45, 7) is 1.03. The molecule has 0 N–H and O–H groups in total. The van der Waals surface area contributed by atoms with E-state index >= 15 is 0 Å². The van der Waals surface area contributed by atoms with Gasteiger partial charge in [0.05, 0.1) is 5.69 Å². The molecule has 0 amide bonds. The van der Waals surface area contributed by atoms with Crippen LogP contribution in [0.3, 0.4) is 0 Å². The lowest BCUT2D eigenvalue weighted by molar-refractivity contribution is 0.666. The summed E-state index contributed by atoms with van der Waals surface area (Å²) in [6.07, 6.45) is 4.78. The van der Waals surface area contributed by atoms with Gasteiger partial charge in [0, 0.05) is 34.3 Å². The minimum Gasteiger partial charge on any atom is -0.344 e. The fraction of sp³-hybridized carbons (Fsp3) is 0.286. The Morgan fingerprint density at radius 3 is 2.48 bits per heavy atom. The van der Waals surface area contributed by atoms with Gasteiger partial charge in [0.2, 0.25) is 0 Å². The lowest BCUT2D eigenvalue weighted by Crippen LogP contribution is -2.26. The molecule has 4 heteroatoms. The first-order chi connectivity index (χ1) is 12.3. The van der Waals surface area contributed by atoms with Gasteiger partial charge in [-0.15, -0.1) is 11.8 Å². The third kappa shape index (κ3) is 3.78. The summed E-state index contributed by atoms with van der Waals surface area (Å²) >= 11 is 7.89. The second kappa shape index (κ2) is 7.67. The van der Waals surface area contributed by atoms with E-state index in [2.05, 4.69) is 35.2 Å². The zero-order valence-corrected chi connectivity index (χ0v) is 15.7. The first-order valence-electron chi connectivity index (χ1n) is 8.83. The highest BCUT2D eigenvalue weighted by Crippen LogP contribution is 2.37. The average molecular weight is 369 g/mol. The van der Waals surface area contributed by atoms with Crippen LogP contribution in [0.25, 0.3) is 0 Å². The molecule has 0 saturated carbocycles. The van der Waals surface area contributed by atoms with Gasteiger partial charge in [0.15, 0.2) is 0 Å². The van der Waals surface area contributed by atoms with Gasteiger partial charge in [0.1, 0.15) is 5.04 Å². The molecule has 1 aliphatic carbocycles. The van der Waals surface area contributed by atoms with Crippen LogP contribution in [-0.2, 0) is 0 Å². The number of thioether (sulfide) groups is 1. The number of allylic oxidation sites excluding steroid dienone is 1. The first kappa shape index (κ1) is 16.7. The number of nitrogens with zero attached hydrogens (tertiary/aromatic N) is 2. The molecule has 1 aliphatic heterocycles. The van der Waals surface area contributed by atoms with E-state index in [0.29, 0.717) is 0 Å². The van der Waals surface area contributed by atoms with Crippen LogP contribution < -0.4 is 4.90 Å². The summed E-state index contributed by atoms with van der Waals surface area (Å²) in [6, 6.07) is 18.6. The van der Waals surface area contributed by atoms with Gasteiger partial charge in [0.25, 0.3) is 0 Å². The Labute approximate surface area is 158 Å². The molecule has 0 unspecified atom stereocenters. The van der Waals surface area contributed by atoms with Crippen molar-refractivity contribution in [3.63, 3.8) is 0 Å². The molecule has 25 heavy (non-hydrogen) atoms. The van der Waals surface area contributed by atoms with Gasteiger partial charge in [-0.05, 0) is 62.1 Å². The normalized spacial score (nSPS) is 19.7. The minimum atomic E-state index is 0.755. The zero-order valence-electron chi connectivity index (χ0n) is 14.1. The van der Waals surface area contributed by atoms with Crippen molar-refractivity contribution in [3.05, 3.63) is 70.9 Å². The topological polar surface area (TPSA) is 15.6 Å².